The molecule has 0 radical (unpaired) electrons. The van der Waals surface area contributed by atoms with E-state index in [9.17, 15) is 0 Å². The van der Waals surface area contributed by atoms with Crippen LogP contribution in [0.15, 0.2) is 0 Å². The van der Waals surface area contributed by atoms with Crippen molar-refractivity contribution in [2.45, 2.75) is 40.2 Å². The molecule has 4 nitrogen and oxygen atoms in total. The van der Waals surface area contributed by atoms with Gasteiger partial charge in [0.25, 0.3) is 0 Å². The molecule has 0 unspecified atom stereocenters. The van der Waals surface area contributed by atoms with Crippen LogP contribution in [0, 0.1) is 13.8 Å². The van der Waals surface area contributed by atoms with Gasteiger partial charge in [-0.25, -0.2) is 0 Å². The molecule has 1 aromatic rings. The summed E-state index contributed by atoms with van der Waals surface area (Å²) in [7, 11) is 0. The molecular weight excluding hydrogens is 250 g/mol. The van der Waals surface area contributed by atoms with Crippen LogP contribution in [0.1, 0.15) is 31.2 Å². The van der Waals surface area contributed by atoms with E-state index in [1.54, 1.807) is 0 Å². The Bertz CT molecular complexity index is 352. The van der Waals surface area contributed by atoms with Gasteiger partial charge < -0.3 is 10.1 Å². The second-order valence-electron chi connectivity index (χ2n) is 4.42. The molecule has 0 saturated carbocycles. The van der Waals surface area contributed by atoms with Gasteiger partial charge in [0.1, 0.15) is 0 Å². The van der Waals surface area contributed by atoms with E-state index in [2.05, 4.69) is 17.3 Å². The SMILES string of the molecule is CCCCOCCNCCn1nc(C)c(Cl)c1C. The molecule has 1 heterocycles. The van der Waals surface area contributed by atoms with Gasteiger partial charge in [-0.3, -0.25) is 4.68 Å². The lowest BCUT2D eigenvalue weighted by Gasteiger charge is -2.07. The second kappa shape index (κ2) is 8.51. The predicted molar refractivity (Wildman–Crippen MR) is 75.3 cm³/mol. The molecule has 0 aliphatic rings. The number of aromatic nitrogens is 2. The van der Waals surface area contributed by atoms with Crippen LogP contribution in [0.2, 0.25) is 5.02 Å². The highest BCUT2D eigenvalue weighted by atomic mass is 35.5. The Morgan fingerprint density at radius 3 is 2.67 bits per heavy atom. The smallest absolute Gasteiger partial charge is 0.0844 e. The first kappa shape index (κ1) is 15.5. The van der Waals surface area contributed by atoms with E-state index in [-0.39, 0.29) is 0 Å². The number of nitrogens with one attached hydrogen (secondary N) is 1. The zero-order valence-corrected chi connectivity index (χ0v) is 12.4. The summed E-state index contributed by atoms with van der Waals surface area (Å²) in [6.45, 7) is 10.3. The fraction of sp³-hybridized carbons (Fsp3) is 0.769. The second-order valence-corrected chi connectivity index (χ2v) is 4.80. The molecule has 0 amide bonds. The average Bonchev–Trinajstić information content (AvgIpc) is 2.60. The summed E-state index contributed by atoms with van der Waals surface area (Å²) >= 11 is 6.09. The third kappa shape index (κ3) is 4.96. The van der Waals surface area contributed by atoms with Gasteiger partial charge in [-0.15, -0.1) is 0 Å². The van der Waals surface area contributed by atoms with E-state index in [0.717, 1.165) is 55.7 Å². The van der Waals surface area contributed by atoms with Crippen LogP contribution in [-0.4, -0.2) is 36.1 Å². The van der Waals surface area contributed by atoms with Crippen molar-refractivity contribution in [3.63, 3.8) is 0 Å². The number of halogens is 1. The van der Waals surface area contributed by atoms with Crippen LogP contribution in [0.3, 0.4) is 0 Å². The van der Waals surface area contributed by atoms with E-state index in [1.807, 2.05) is 18.5 Å². The number of ether oxygens (including phenoxy) is 1. The van der Waals surface area contributed by atoms with Crippen molar-refractivity contribution in [2.75, 3.05) is 26.3 Å². The fourth-order valence-corrected chi connectivity index (χ4v) is 1.83. The summed E-state index contributed by atoms with van der Waals surface area (Å²) in [5.74, 6) is 0. The summed E-state index contributed by atoms with van der Waals surface area (Å²) in [4.78, 5) is 0. The molecule has 0 aromatic carbocycles. The van der Waals surface area contributed by atoms with Crippen molar-refractivity contribution in [1.29, 1.82) is 0 Å². The predicted octanol–water partition coefficient (Wildman–Crippen LogP) is 2.56. The fourth-order valence-electron chi connectivity index (χ4n) is 1.70. The van der Waals surface area contributed by atoms with E-state index in [4.69, 9.17) is 16.3 Å². The van der Waals surface area contributed by atoms with Gasteiger partial charge in [0.15, 0.2) is 0 Å². The lowest BCUT2D eigenvalue weighted by atomic mass is 10.4. The number of aryl methyl sites for hydroxylation is 1. The highest BCUT2D eigenvalue weighted by Gasteiger charge is 2.07. The molecule has 1 aromatic heterocycles. The summed E-state index contributed by atoms with van der Waals surface area (Å²) in [6, 6.07) is 0. The Labute approximate surface area is 115 Å². The van der Waals surface area contributed by atoms with Gasteiger partial charge in [-0.05, 0) is 20.3 Å². The zero-order valence-electron chi connectivity index (χ0n) is 11.6. The standard InChI is InChI=1S/C13H24ClN3O/c1-4-5-9-18-10-7-15-6-8-17-12(3)13(14)11(2)16-17/h15H,4-10H2,1-3H3. The van der Waals surface area contributed by atoms with Gasteiger partial charge in [-0.1, -0.05) is 24.9 Å². The molecule has 5 heteroatoms. The molecule has 1 rings (SSSR count). The maximum atomic E-state index is 6.09. The van der Waals surface area contributed by atoms with Gasteiger partial charge in [-0.2, -0.15) is 5.10 Å². The third-order valence-electron chi connectivity index (χ3n) is 2.86. The highest BCUT2D eigenvalue weighted by molar-refractivity contribution is 6.31. The Hall–Kier alpha value is -0.580. The van der Waals surface area contributed by atoms with E-state index in [0.29, 0.717) is 0 Å². The monoisotopic (exact) mass is 273 g/mol. The first-order chi connectivity index (χ1) is 8.66. The largest absolute Gasteiger partial charge is 0.380 e. The highest BCUT2D eigenvalue weighted by Crippen LogP contribution is 2.18. The molecule has 104 valence electrons. The normalized spacial score (nSPS) is 11.1. The first-order valence-electron chi connectivity index (χ1n) is 6.64. The Morgan fingerprint density at radius 1 is 1.28 bits per heavy atom. The summed E-state index contributed by atoms with van der Waals surface area (Å²) in [5.41, 5.74) is 1.94. The number of rotatable bonds is 9. The van der Waals surface area contributed by atoms with Crippen molar-refractivity contribution in [3.05, 3.63) is 16.4 Å². The van der Waals surface area contributed by atoms with Crippen LogP contribution in [0.4, 0.5) is 0 Å². The Balaban J connectivity index is 2.09. The number of hydrogen-bond acceptors (Lipinski definition) is 3. The molecule has 0 saturated heterocycles. The number of nitrogens with zero attached hydrogens (tertiary/aromatic N) is 2. The van der Waals surface area contributed by atoms with E-state index < -0.39 is 0 Å². The summed E-state index contributed by atoms with van der Waals surface area (Å²) < 4.78 is 7.41. The minimum atomic E-state index is 0.776. The lowest BCUT2D eigenvalue weighted by Crippen LogP contribution is -2.25. The molecule has 0 aliphatic heterocycles. The van der Waals surface area contributed by atoms with E-state index >= 15 is 0 Å². The molecule has 0 atom stereocenters. The Kier molecular flexibility index (Phi) is 7.32. The average molecular weight is 274 g/mol. The molecule has 0 bridgehead atoms. The molecular formula is C13H24ClN3O. The van der Waals surface area contributed by atoms with Crippen LogP contribution in [-0.2, 0) is 11.3 Å². The van der Waals surface area contributed by atoms with E-state index in [1.165, 1.54) is 6.42 Å². The number of unbranched alkanes of at least 4 members (excludes halogenated alkanes) is 1. The molecule has 0 spiro atoms. The first-order valence-corrected chi connectivity index (χ1v) is 7.02. The van der Waals surface area contributed by atoms with Crippen molar-refractivity contribution >= 4 is 11.6 Å². The molecule has 0 aliphatic carbocycles. The topological polar surface area (TPSA) is 39.1 Å². The van der Waals surface area contributed by atoms with Crippen molar-refractivity contribution in [3.8, 4) is 0 Å². The zero-order chi connectivity index (χ0) is 13.4. The molecule has 1 N–H and O–H groups in total. The van der Waals surface area contributed by atoms with Gasteiger partial charge in [0.05, 0.1) is 29.6 Å². The van der Waals surface area contributed by atoms with Gasteiger partial charge in [0, 0.05) is 19.7 Å². The lowest BCUT2D eigenvalue weighted by molar-refractivity contribution is 0.133. The van der Waals surface area contributed by atoms with Crippen molar-refractivity contribution in [2.24, 2.45) is 0 Å². The minimum Gasteiger partial charge on any atom is -0.380 e. The Morgan fingerprint density at radius 2 is 2.06 bits per heavy atom. The van der Waals surface area contributed by atoms with Gasteiger partial charge >= 0.3 is 0 Å². The van der Waals surface area contributed by atoms with Crippen molar-refractivity contribution < 1.29 is 4.74 Å². The summed E-state index contributed by atoms with van der Waals surface area (Å²) in [6.07, 6.45) is 2.33. The quantitative estimate of drug-likeness (QED) is 0.703. The number of hydrogen-bond donors (Lipinski definition) is 1. The molecule has 0 fully saturated rings. The minimum absolute atomic E-state index is 0.776. The molecule has 18 heavy (non-hydrogen) atoms. The maximum Gasteiger partial charge on any atom is 0.0844 e. The van der Waals surface area contributed by atoms with Crippen molar-refractivity contribution in [1.82, 2.24) is 15.1 Å². The maximum absolute atomic E-state index is 6.09. The third-order valence-corrected chi connectivity index (χ3v) is 3.41. The van der Waals surface area contributed by atoms with Crippen LogP contribution < -0.4 is 5.32 Å². The summed E-state index contributed by atoms with van der Waals surface area (Å²) in [5, 5.41) is 8.50. The van der Waals surface area contributed by atoms with Gasteiger partial charge in [0.2, 0.25) is 0 Å². The van der Waals surface area contributed by atoms with Crippen LogP contribution in [0.25, 0.3) is 0 Å². The van der Waals surface area contributed by atoms with Crippen LogP contribution >= 0.6 is 11.6 Å². The van der Waals surface area contributed by atoms with Crippen LogP contribution in [0.5, 0.6) is 0 Å².